The van der Waals surface area contributed by atoms with Crippen LogP contribution in [-0.2, 0) is 9.47 Å². The monoisotopic (exact) mass is 580 g/mol. The van der Waals surface area contributed by atoms with Crippen molar-refractivity contribution >= 4 is 11.9 Å². The van der Waals surface area contributed by atoms with Crippen molar-refractivity contribution < 1.29 is 28.1 Å². The Labute approximate surface area is 244 Å². The van der Waals surface area contributed by atoms with Crippen molar-refractivity contribution in [3.8, 4) is 34.0 Å². The van der Waals surface area contributed by atoms with Crippen molar-refractivity contribution in [2.45, 2.75) is 64.1 Å². The van der Waals surface area contributed by atoms with Crippen molar-refractivity contribution in [1.29, 1.82) is 0 Å². The van der Waals surface area contributed by atoms with Gasteiger partial charge >= 0.3 is 6.09 Å². The molecule has 0 bridgehead atoms. The summed E-state index contributed by atoms with van der Waals surface area (Å²) < 4.78 is 37.2. The molecule has 12 heteroatoms. The molecule has 11 nitrogen and oxygen atoms in total. The molecule has 3 aromatic rings. The van der Waals surface area contributed by atoms with Gasteiger partial charge in [0.1, 0.15) is 17.2 Å². The van der Waals surface area contributed by atoms with E-state index in [0.29, 0.717) is 34.9 Å². The number of anilines is 1. The summed E-state index contributed by atoms with van der Waals surface area (Å²) >= 11 is 0. The molecule has 0 unspecified atom stereocenters. The van der Waals surface area contributed by atoms with Crippen LogP contribution in [0, 0.1) is 5.82 Å². The summed E-state index contributed by atoms with van der Waals surface area (Å²) in [4.78, 5) is 17.2. The SMILES string of the molecule is COCOc1cc(-c2cnnc(OC)c2)c(F)cc1-c1ccc(N2CC[C@@H](N(C(=O)OC(C)(C)C)C3CCC3)C2)nn1. The van der Waals surface area contributed by atoms with E-state index in [1.165, 1.54) is 26.5 Å². The fourth-order valence-corrected chi connectivity index (χ4v) is 5.20. The van der Waals surface area contributed by atoms with Crippen LogP contribution in [0.25, 0.3) is 22.4 Å². The van der Waals surface area contributed by atoms with Crippen molar-refractivity contribution in [1.82, 2.24) is 25.3 Å². The van der Waals surface area contributed by atoms with Gasteiger partial charge in [-0.1, -0.05) is 0 Å². The molecule has 0 spiro atoms. The van der Waals surface area contributed by atoms with E-state index >= 15 is 4.39 Å². The fraction of sp³-hybridized carbons (Fsp3) is 0.500. The Hall–Kier alpha value is -4.06. The maximum Gasteiger partial charge on any atom is 0.410 e. The van der Waals surface area contributed by atoms with E-state index in [4.69, 9.17) is 18.9 Å². The van der Waals surface area contributed by atoms with Gasteiger partial charge in [0.05, 0.1) is 25.0 Å². The average Bonchev–Trinajstić information content (AvgIpc) is 3.43. The lowest BCUT2D eigenvalue weighted by molar-refractivity contribution is -0.00351. The van der Waals surface area contributed by atoms with Crippen LogP contribution in [0.15, 0.2) is 36.5 Å². The number of methoxy groups -OCH3 is 2. The minimum Gasteiger partial charge on any atom is -0.480 e. The molecular weight excluding hydrogens is 543 g/mol. The Morgan fingerprint density at radius 3 is 2.50 bits per heavy atom. The van der Waals surface area contributed by atoms with Crippen molar-refractivity contribution in [3.05, 3.63) is 42.3 Å². The molecule has 1 aromatic carbocycles. The number of hydrogen-bond donors (Lipinski definition) is 0. The number of halogens is 1. The molecule has 1 aliphatic heterocycles. The minimum atomic E-state index is -0.551. The molecule has 1 saturated heterocycles. The fourth-order valence-electron chi connectivity index (χ4n) is 5.20. The number of benzene rings is 1. The molecule has 0 N–H and O–H groups in total. The largest absolute Gasteiger partial charge is 0.480 e. The highest BCUT2D eigenvalue weighted by atomic mass is 19.1. The molecule has 2 aromatic heterocycles. The van der Waals surface area contributed by atoms with Crippen molar-refractivity contribution in [3.63, 3.8) is 0 Å². The lowest BCUT2D eigenvalue weighted by Crippen LogP contribution is -2.52. The van der Waals surface area contributed by atoms with Crippen LogP contribution < -0.4 is 14.4 Å². The number of carbonyl (C=O) groups is 1. The first-order valence-electron chi connectivity index (χ1n) is 14.1. The predicted octanol–water partition coefficient (Wildman–Crippen LogP) is 5.10. The third kappa shape index (κ3) is 6.53. The van der Waals surface area contributed by atoms with Crippen LogP contribution in [0.1, 0.15) is 46.5 Å². The van der Waals surface area contributed by atoms with E-state index in [2.05, 4.69) is 25.3 Å². The average molecular weight is 581 g/mol. The normalized spacial score (nSPS) is 17.1. The smallest absolute Gasteiger partial charge is 0.410 e. The number of hydrogen-bond acceptors (Lipinski definition) is 10. The first-order valence-corrected chi connectivity index (χ1v) is 14.1. The number of ether oxygens (including phenoxy) is 4. The predicted molar refractivity (Wildman–Crippen MR) is 154 cm³/mol. The number of rotatable bonds is 9. The second kappa shape index (κ2) is 12.4. The van der Waals surface area contributed by atoms with Gasteiger partial charge in [-0.05, 0) is 70.7 Å². The summed E-state index contributed by atoms with van der Waals surface area (Å²) in [5, 5.41) is 16.6. The van der Waals surface area contributed by atoms with Gasteiger partial charge in [0, 0.05) is 49.0 Å². The van der Waals surface area contributed by atoms with E-state index in [9.17, 15) is 4.79 Å². The van der Waals surface area contributed by atoms with Gasteiger partial charge in [-0.3, -0.25) is 0 Å². The van der Waals surface area contributed by atoms with Gasteiger partial charge in [0.2, 0.25) is 5.88 Å². The number of amides is 1. The highest BCUT2D eigenvalue weighted by Gasteiger charge is 2.40. The summed E-state index contributed by atoms with van der Waals surface area (Å²) in [6.45, 7) is 7.01. The molecule has 3 heterocycles. The number of carbonyl (C=O) groups excluding carboxylic acids is 1. The first kappa shape index (κ1) is 29.4. The van der Waals surface area contributed by atoms with E-state index in [1.807, 2.05) is 31.7 Å². The summed E-state index contributed by atoms with van der Waals surface area (Å²) in [6.07, 6.45) is 5.13. The third-order valence-corrected chi connectivity index (χ3v) is 7.43. The van der Waals surface area contributed by atoms with Gasteiger partial charge in [0.15, 0.2) is 12.6 Å². The van der Waals surface area contributed by atoms with Crippen molar-refractivity contribution in [2.75, 3.05) is 39.0 Å². The number of nitrogens with zero attached hydrogens (tertiary/aromatic N) is 6. The van der Waals surface area contributed by atoms with Gasteiger partial charge in [0.25, 0.3) is 0 Å². The molecule has 0 radical (unpaired) electrons. The molecule has 224 valence electrons. The molecule has 2 fully saturated rings. The molecule has 1 saturated carbocycles. The summed E-state index contributed by atoms with van der Waals surface area (Å²) in [5.41, 5.74) is 1.08. The Morgan fingerprint density at radius 2 is 1.86 bits per heavy atom. The number of aromatic nitrogens is 4. The third-order valence-electron chi connectivity index (χ3n) is 7.43. The Bertz CT molecular complexity index is 1400. The molecule has 5 rings (SSSR count). The summed E-state index contributed by atoms with van der Waals surface area (Å²) in [7, 11) is 2.98. The lowest BCUT2D eigenvalue weighted by atomic mass is 9.90. The van der Waals surface area contributed by atoms with Crippen LogP contribution >= 0.6 is 0 Å². The quantitative estimate of drug-likeness (QED) is 0.317. The zero-order valence-corrected chi connectivity index (χ0v) is 24.7. The second-order valence-electron chi connectivity index (χ2n) is 11.5. The van der Waals surface area contributed by atoms with Crippen LogP contribution in [0.2, 0.25) is 0 Å². The highest BCUT2D eigenvalue weighted by Crippen LogP contribution is 2.37. The van der Waals surface area contributed by atoms with Crippen LogP contribution in [0.5, 0.6) is 11.6 Å². The van der Waals surface area contributed by atoms with E-state index in [1.54, 1.807) is 18.2 Å². The molecule has 1 aliphatic carbocycles. The molecule has 2 aliphatic rings. The van der Waals surface area contributed by atoms with Crippen LogP contribution in [0.4, 0.5) is 15.0 Å². The van der Waals surface area contributed by atoms with Gasteiger partial charge in [-0.25, -0.2) is 9.18 Å². The van der Waals surface area contributed by atoms with Gasteiger partial charge in [-0.2, -0.15) is 5.10 Å². The summed E-state index contributed by atoms with van der Waals surface area (Å²) in [6, 6.07) is 8.42. The minimum absolute atomic E-state index is 0.0311. The second-order valence-corrected chi connectivity index (χ2v) is 11.5. The molecule has 42 heavy (non-hydrogen) atoms. The topological polar surface area (TPSA) is 112 Å². The maximum atomic E-state index is 15.4. The zero-order chi connectivity index (χ0) is 29.9. The van der Waals surface area contributed by atoms with Crippen LogP contribution in [-0.4, -0.2) is 83.2 Å². The summed E-state index contributed by atoms with van der Waals surface area (Å²) in [5.74, 6) is 0.838. The van der Waals surface area contributed by atoms with Gasteiger partial charge in [-0.15, -0.1) is 15.3 Å². The Balaban J connectivity index is 1.36. The van der Waals surface area contributed by atoms with E-state index in [-0.39, 0.29) is 36.4 Å². The molecule has 1 amide bonds. The Morgan fingerprint density at radius 1 is 1.05 bits per heavy atom. The lowest BCUT2D eigenvalue weighted by Gasteiger charge is -2.41. The van der Waals surface area contributed by atoms with Crippen molar-refractivity contribution in [2.24, 2.45) is 0 Å². The first-order chi connectivity index (χ1) is 20.2. The van der Waals surface area contributed by atoms with Crippen LogP contribution in [0.3, 0.4) is 0 Å². The van der Waals surface area contributed by atoms with E-state index < -0.39 is 11.4 Å². The zero-order valence-electron chi connectivity index (χ0n) is 24.7. The van der Waals surface area contributed by atoms with Gasteiger partial charge < -0.3 is 28.7 Å². The standard InChI is InChI=1S/C30H37FN6O5/c1-30(2,3)42-29(38)37(20-7-6-8-20)21-11-12-36(17-21)27-10-9-25(33-34-27)23-14-24(31)22(15-26(23)41-18-39-4)19-13-28(40-5)35-32-16-19/h9-10,13-16,20-21H,6-8,11-12,17-18H2,1-5H3/t21-/m1/s1. The Kier molecular flexibility index (Phi) is 8.72. The molecular formula is C30H37FN6O5. The molecule has 1 atom stereocenters. The maximum absolute atomic E-state index is 15.4. The highest BCUT2D eigenvalue weighted by molar-refractivity contribution is 5.75. The van der Waals surface area contributed by atoms with E-state index in [0.717, 1.165) is 32.2 Å².